The molecule has 0 bridgehead atoms. The first-order chi connectivity index (χ1) is 18.6. The highest BCUT2D eigenvalue weighted by molar-refractivity contribution is 6.51. The first-order valence-electron chi connectivity index (χ1n) is 13.2. The summed E-state index contributed by atoms with van der Waals surface area (Å²) in [5.74, 6) is -0.888. The van der Waals surface area contributed by atoms with E-state index >= 15 is 0 Å². The number of hydrogen-bond acceptors (Lipinski definition) is 6. The van der Waals surface area contributed by atoms with Crippen LogP contribution in [0.3, 0.4) is 0 Å². The number of carbonyl (C=O) groups excluding carboxylic acids is 2. The van der Waals surface area contributed by atoms with Gasteiger partial charge in [-0.1, -0.05) is 12.1 Å². The number of ether oxygens (including phenoxy) is 1. The third-order valence-corrected chi connectivity index (χ3v) is 7.42. The van der Waals surface area contributed by atoms with Gasteiger partial charge in [-0.3, -0.25) is 14.5 Å². The highest BCUT2D eigenvalue weighted by atomic mass is 16.5. The van der Waals surface area contributed by atoms with Crippen LogP contribution in [0.5, 0.6) is 5.75 Å². The van der Waals surface area contributed by atoms with Gasteiger partial charge in [0.15, 0.2) is 0 Å². The maximum absolute atomic E-state index is 13.6. The van der Waals surface area contributed by atoms with Crippen LogP contribution in [0.15, 0.2) is 66.2 Å². The second-order valence-corrected chi connectivity index (χ2v) is 9.98. The van der Waals surface area contributed by atoms with E-state index in [1.807, 2.05) is 87.4 Å². The van der Waals surface area contributed by atoms with Gasteiger partial charge in [-0.05, 0) is 92.9 Å². The van der Waals surface area contributed by atoms with E-state index in [4.69, 9.17) is 4.74 Å². The van der Waals surface area contributed by atoms with Crippen molar-refractivity contribution in [1.29, 1.82) is 0 Å². The van der Waals surface area contributed by atoms with Gasteiger partial charge in [0, 0.05) is 49.8 Å². The van der Waals surface area contributed by atoms with Crippen LogP contribution in [0.25, 0.3) is 5.76 Å². The number of amides is 1. The van der Waals surface area contributed by atoms with E-state index in [1.54, 1.807) is 13.2 Å². The summed E-state index contributed by atoms with van der Waals surface area (Å²) in [6.45, 7) is 9.63. The third kappa shape index (κ3) is 5.09. The molecule has 0 aromatic heterocycles. The van der Waals surface area contributed by atoms with E-state index in [9.17, 15) is 14.7 Å². The Bertz CT molecular complexity index is 1400. The molecule has 7 heteroatoms. The van der Waals surface area contributed by atoms with Crippen LogP contribution >= 0.6 is 0 Å². The highest BCUT2D eigenvalue weighted by Crippen LogP contribution is 2.43. The minimum absolute atomic E-state index is 0.0677. The van der Waals surface area contributed by atoms with Gasteiger partial charge in [0.1, 0.15) is 11.5 Å². The maximum atomic E-state index is 13.6. The second kappa shape index (κ2) is 11.2. The van der Waals surface area contributed by atoms with E-state index in [1.165, 1.54) is 4.90 Å². The lowest BCUT2D eigenvalue weighted by Crippen LogP contribution is -2.29. The van der Waals surface area contributed by atoms with Crippen LogP contribution in [0.4, 0.5) is 17.1 Å². The Morgan fingerprint density at radius 1 is 0.897 bits per heavy atom. The van der Waals surface area contributed by atoms with Crippen molar-refractivity contribution in [3.05, 3.63) is 88.5 Å². The molecule has 1 fully saturated rings. The summed E-state index contributed by atoms with van der Waals surface area (Å²) in [6.07, 6.45) is 0. The zero-order valence-electron chi connectivity index (χ0n) is 23.8. The Kier molecular flexibility index (Phi) is 8.00. The molecule has 1 aliphatic rings. The van der Waals surface area contributed by atoms with Crippen LogP contribution in [0.2, 0.25) is 0 Å². The molecule has 0 aliphatic carbocycles. The Labute approximate surface area is 230 Å². The van der Waals surface area contributed by atoms with Gasteiger partial charge in [0.2, 0.25) is 0 Å². The number of anilines is 3. The first kappa shape index (κ1) is 27.8. The molecular weight excluding hydrogens is 490 g/mol. The van der Waals surface area contributed by atoms with Crippen molar-refractivity contribution >= 4 is 34.5 Å². The van der Waals surface area contributed by atoms with Gasteiger partial charge in [-0.2, -0.15) is 0 Å². The number of ketones is 1. The molecule has 3 aromatic rings. The molecule has 1 atom stereocenters. The van der Waals surface area contributed by atoms with Crippen molar-refractivity contribution < 1.29 is 19.4 Å². The number of aryl methyl sites for hydroxylation is 2. The van der Waals surface area contributed by atoms with Crippen molar-refractivity contribution in [2.45, 2.75) is 33.7 Å². The van der Waals surface area contributed by atoms with Gasteiger partial charge >= 0.3 is 0 Å². The predicted octanol–water partition coefficient (Wildman–Crippen LogP) is 5.85. The van der Waals surface area contributed by atoms with Crippen LogP contribution in [-0.2, 0) is 9.59 Å². The van der Waals surface area contributed by atoms with E-state index in [0.29, 0.717) is 17.0 Å². The molecule has 0 spiro atoms. The number of Topliss-reactive ketones (excluding diaryl/α,β-unsaturated/α-hetero) is 1. The molecular formula is C32H37N3O4. The first-order valence-corrected chi connectivity index (χ1v) is 13.2. The average Bonchev–Trinajstić information content (AvgIpc) is 3.20. The highest BCUT2D eigenvalue weighted by Gasteiger charge is 2.47. The molecule has 4 rings (SSSR count). The van der Waals surface area contributed by atoms with Crippen LogP contribution in [0, 0.1) is 13.8 Å². The Morgan fingerprint density at radius 3 is 2.03 bits per heavy atom. The molecule has 39 heavy (non-hydrogen) atoms. The molecule has 0 radical (unpaired) electrons. The minimum Gasteiger partial charge on any atom is -0.507 e. The number of nitrogens with zero attached hydrogens (tertiary/aromatic N) is 3. The zero-order chi connectivity index (χ0) is 28.4. The van der Waals surface area contributed by atoms with E-state index in [0.717, 1.165) is 41.2 Å². The van der Waals surface area contributed by atoms with Crippen LogP contribution < -0.4 is 19.4 Å². The smallest absolute Gasteiger partial charge is 0.300 e. The second-order valence-electron chi connectivity index (χ2n) is 9.98. The number of methoxy groups -OCH3 is 1. The largest absolute Gasteiger partial charge is 0.507 e. The minimum atomic E-state index is -0.790. The number of aliphatic hydroxyl groups excluding tert-OH is 1. The molecule has 1 unspecified atom stereocenters. The lowest BCUT2D eigenvalue weighted by atomic mass is 9.92. The monoisotopic (exact) mass is 527 g/mol. The molecule has 1 amide bonds. The summed E-state index contributed by atoms with van der Waals surface area (Å²) in [7, 11) is 5.50. The van der Waals surface area contributed by atoms with Crippen LogP contribution in [-0.4, -0.2) is 51.1 Å². The molecule has 0 saturated carbocycles. The van der Waals surface area contributed by atoms with Gasteiger partial charge in [-0.25, -0.2) is 0 Å². The number of carbonyl (C=O) groups is 2. The standard InChI is InChI=1S/C32H37N3O4/c1-8-34(9-2)24-14-16-25(17-15-24)35-29(22-10-12-23(13-11-22)33(5)6)28(31(37)32(35)38)30(36)26-18-21(4)27(39-7)19-20(26)3/h10-19,29,36H,8-9H2,1-7H3/b30-28+. The quantitative estimate of drug-likeness (QED) is 0.225. The number of benzene rings is 3. The maximum Gasteiger partial charge on any atom is 0.300 e. The summed E-state index contributed by atoms with van der Waals surface area (Å²) in [6, 6.07) is 18.2. The molecule has 3 aromatic carbocycles. The van der Waals surface area contributed by atoms with Crippen molar-refractivity contribution in [2.75, 3.05) is 49.0 Å². The average molecular weight is 528 g/mol. The van der Waals surface area contributed by atoms with E-state index < -0.39 is 17.7 Å². The fourth-order valence-corrected chi connectivity index (χ4v) is 5.19. The van der Waals surface area contributed by atoms with Crippen molar-refractivity contribution in [3.8, 4) is 5.75 Å². The van der Waals surface area contributed by atoms with E-state index in [-0.39, 0.29) is 11.3 Å². The van der Waals surface area contributed by atoms with Crippen molar-refractivity contribution in [3.63, 3.8) is 0 Å². The fraction of sp³-hybridized carbons (Fsp3) is 0.312. The van der Waals surface area contributed by atoms with Crippen molar-refractivity contribution in [1.82, 2.24) is 0 Å². The molecule has 7 nitrogen and oxygen atoms in total. The lowest BCUT2D eigenvalue weighted by molar-refractivity contribution is -0.132. The van der Waals surface area contributed by atoms with Gasteiger partial charge in [0.25, 0.3) is 11.7 Å². The molecule has 1 aliphatic heterocycles. The topological polar surface area (TPSA) is 73.3 Å². The number of hydrogen-bond donors (Lipinski definition) is 1. The SMILES string of the molecule is CCN(CC)c1ccc(N2C(=O)C(=O)/C(=C(/O)c3cc(C)c(OC)cc3C)C2c2ccc(N(C)C)cc2)cc1. The van der Waals surface area contributed by atoms with E-state index in [2.05, 4.69) is 18.7 Å². The molecule has 1 N–H and O–H groups in total. The number of rotatable bonds is 8. The Balaban J connectivity index is 1.91. The molecule has 204 valence electrons. The number of aliphatic hydroxyl groups is 1. The van der Waals surface area contributed by atoms with Crippen molar-refractivity contribution in [2.24, 2.45) is 0 Å². The Morgan fingerprint density at radius 2 is 1.49 bits per heavy atom. The zero-order valence-corrected chi connectivity index (χ0v) is 23.8. The summed E-state index contributed by atoms with van der Waals surface area (Å²) >= 11 is 0. The summed E-state index contributed by atoms with van der Waals surface area (Å²) in [5.41, 5.74) is 5.48. The summed E-state index contributed by atoms with van der Waals surface area (Å²) in [5, 5.41) is 11.6. The summed E-state index contributed by atoms with van der Waals surface area (Å²) < 4.78 is 5.43. The van der Waals surface area contributed by atoms with Gasteiger partial charge < -0.3 is 19.6 Å². The normalized spacial score (nSPS) is 16.5. The fourth-order valence-electron chi connectivity index (χ4n) is 5.19. The van der Waals surface area contributed by atoms with Gasteiger partial charge in [0.05, 0.1) is 18.7 Å². The molecule has 1 saturated heterocycles. The molecule has 1 heterocycles. The Hall–Kier alpha value is -4.26. The lowest BCUT2D eigenvalue weighted by Gasteiger charge is -2.27. The third-order valence-electron chi connectivity index (χ3n) is 7.42. The summed E-state index contributed by atoms with van der Waals surface area (Å²) in [4.78, 5) is 32.9. The predicted molar refractivity (Wildman–Crippen MR) is 158 cm³/mol. The van der Waals surface area contributed by atoms with Gasteiger partial charge in [-0.15, -0.1) is 0 Å². The van der Waals surface area contributed by atoms with Crippen LogP contribution in [0.1, 0.15) is 42.1 Å².